The van der Waals surface area contributed by atoms with E-state index >= 15 is 0 Å². The van der Waals surface area contributed by atoms with Gasteiger partial charge in [-0.15, -0.1) is 0 Å². The number of rotatable bonds is 5. The first-order valence-corrected chi connectivity index (χ1v) is 6.95. The van der Waals surface area contributed by atoms with Gasteiger partial charge in [0.05, 0.1) is 11.7 Å². The first kappa shape index (κ1) is 13.1. The summed E-state index contributed by atoms with van der Waals surface area (Å²) in [6, 6.07) is 8.91. The van der Waals surface area contributed by atoms with Crippen molar-refractivity contribution in [2.24, 2.45) is 5.73 Å². The zero-order valence-corrected chi connectivity index (χ0v) is 11.2. The van der Waals surface area contributed by atoms with Gasteiger partial charge in [0, 0.05) is 13.1 Å². The molecule has 96 valence electrons. The van der Waals surface area contributed by atoms with Crippen molar-refractivity contribution in [3.63, 3.8) is 0 Å². The van der Waals surface area contributed by atoms with Crippen LogP contribution in [0, 0.1) is 5.82 Å². The lowest BCUT2D eigenvalue weighted by Crippen LogP contribution is -2.34. The molecule has 2 N–H and O–H groups in total. The number of halogens is 1. The van der Waals surface area contributed by atoms with Crippen LogP contribution in [-0.4, -0.2) is 13.1 Å². The van der Waals surface area contributed by atoms with Gasteiger partial charge in [0.1, 0.15) is 5.82 Å². The molecule has 0 radical (unpaired) electrons. The average Bonchev–Trinajstić information content (AvgIpc) is 2.90. The quantitative estimate of drug-likeness (QED) is 0.896. The molecule has 2 aromatic rings. The molecule has 0 spiro atoms. The second-order valence-corrected chi connectivity index (χ2v) is 4.83. The second-order valence-electron chi connectivity index (χ2n) is 4.05. The first-order valence-electron chi connectivity index (χ1n) is 6.01. The highest BCUT2D eigenvalue weighted by atomic mass is 32.1. The minimum absolute atomic E-state index is 0.0261. The number of hydrogen-bond donors (Lipinski definition) is 1. The van der Waals surface area contributed by atoms with Crippen LogP contribution in [0.15, 0.2) is 41.1 Å². The van der Waals surface area contributed by atoms with Crippen LogP contribution in [0.5, 0.6) is 0 Å². The second kappa shape index (κ2) is 5.98. The molecule has 2 nitrogen and oxygen atoms in total. The molecule has 2 rings (SSSR count). The molecule has 1 aromatic carbocycles. The van der Waals surface area contributed by atoms with Crippen LogP contribution < -0.4 is 10.6 Å². The van der Waals surface area contributed by atoms with E-state index in [9.17, 15) is 4.39 Å². The lowest BCUT2D eigenvalue weighted by molar-refractivity contribution is 0.589. The number of nitrogens with zero attached hydrogens (tertiary/aromatic N) is 1. The SMILES string of the molecule is CCN(c1ccccc1F)C(CN)c1ccsc1. The Morgan fingerprint density at radius 3 is 2.67 bits per heavy atom. The van der Waals surface area contributed by atoms with Gasteiger partial charge < -0.3 is 10.6 Å². The van der Waals surface area contributed by atoms with Gasteiger partial charge in [0.15, 0.2) is 0 Å². The van der Waals surface area contributed by atoms with Gasteiger partial charge in [0.25, 0.3) is 0 Å². The van der Waals surface area contributed by atoms with Crippen LogP contribution in [-0.2, 0) is 0 Å². The molecule has 1 aromatic heterocycles. The Morgan fingerprint density at radius 1 is 1.33 bits per heavy atom. The maximum atomic E-state index is 13.9. The Labute approximate surface area is 111 Å². The summed E-state index contributed by atoms with van der Waals surface area (Å²) in [6.45, 7) is 3.21. The Hall–Kier alpha value is -1.39. The number of likely N-dealkylation sites (N-methyl/N-ethyl adjacent to an activating group) is 1. The van der Waals surface area contributed by atoms with Crippen molar-refractivity contribution in [1.82, 2.24) is 0 Å². The van der Waals surface area contributed by atoms with Gasteiger partial charge in [-0.2, -0.15) is 11.3 Å². The molecule has 0 aliphatic heterocycles. The van der Waals surface area contributed by atoms with Crippen molar-refractivity contribution in [2.75, 3.05) is 18.0 Å². The van der Waals surface area contributed by atoms with E-state index in [-0.39, 0.29) is 11.9 Å². The lowest BCUT2D eigenvalue weighted by Gasteiger charge is -2.32. The number of para-hydroxylation sites is 1. The fraction of sp³-hybridized carbons (Fsp3) is 0.286. The molecule has 0 amide bonds. The van der Waals surface area contributed by atoms with Crippen molar-refractivity contribution in [3.05, 3.63) is 52.5 Å². The summed E-state index contributed by atoms with van der Waals surface area (Å²) in [5, 5.41) is 4.09. The van der Waals surface area contributed by atoms with Crippen molar-refractivity contribution in [3.8, 4) is 0 Å². The maximum Gasteiger partial charge on any atom is 0.146 e. The zero-order chi connectivity index (χ0) is 13.0. The zero-order valence-electron chi connectivity index (χ0n) is 10.3. The number of anilines is 1. The van der Waals surface area contributed by atoms with Crippen LogP contribution in [0.2, 0.25) is 0 Å². The summed E-state index contributed by atoms with van der Waals surface area (Å²) < 4.78 is 13.9. The minimum Gasteiger partial charge on any atom is -0.361 e. The molecule has 0 bridgehead atoms. The molecule has 1 unspecified atom stereocenters. The fourth-order valence-electron chi connectivity index (χ4n) is 2.15. The highest BCUT2D eigenvalue weighted by molar-refractivity contribution is 7.08. The summed E-state index contributed by atoms with van der Waals surface area (Å²) in [7, 11) is 0. The summed E-state index contributed by atoms with van der Waals surface area (Å²) >= 11 is 1.63. The topological polar surface area (TPSA) is 29.3 Å². The highest BCUT2D eigenvalue weighted by Crippen LogP contribution is 2.29. The third-order valence-electron chi connectivity index (χ3n) is 3.03. The van der Waals surface area contributed by atoms with Crippen molar-refractivity contribution < 1.29 is 4.39 Å². The third-order valence-corrected chi connectivity index (χ3v) is 3.73. The largest absolute Gasteiger partial charge is 0.361 e. The molecule has 0 saturated carbocycles. The molecule has 1 atom stereocenters. The van der Waals surface area contributed by atoms with E-state index < -0.39 is 0 Å². The number of benzene rings is 1. The molecule has 18 heavy (non-hydrogen) atoms. The summed E-state index contributed by atoms with van der Waals surface area (Å²) in [5.41, 5.74) is 7.63. The standard InChI is InChI=1S/C14H17FN2S/c1-2-17(13-6-4-3-5-12(13)15)14(9-16)11-7-8-18-10-11/h3-8,10,14H,2,9,16H2,1H3. The third kappa shape index (κ3) is 2.54. The number of nitrogens with two attached hydrogens (primary N) is 1. The summed E-state index contributed by atoms with van der Waals surface area (Å²) in [6.07, 6.45) is 0. The molecule has 0 aliphatic rings. The smallest absolute Gasteiger partial charge is 0.146 e. The van der Waals surface area contributed by atoms with Crippen LogP contribution in [0.4, 0.5) is 10.1 Å². The molecule has 0 aliphatic carbocycles. The predicted octanol–water partition coefficient (Wildman–Crippen LogP) is 3.41. The van der Waals surface area contributed by atoms with Gasteiger partial charge >= 0.3 is 0 Å². The van der Waals surface area contributed by atoms with Crippen LogP contribution in [0.1, 0.15) is 18.5 Å². The highest BCUT2D eigenvalue weighted by Gasteiger charge is 2.20. The van der Waals surface area contributed by atoms with E-state index in [1.807, 2.05) is 29.3 Å². The van der Waals surface area contributed by atoms with E-state index in [0.717, 1.165) is 12.1 Å². The van der Waals surface area contributed by atoms with Crippen molar-refractivity contribution >= 4 is 17.0 Å². The van der Waals surface area contributed by atoms with Gasteiger partial charge in [-0.25, -0.2) is 4.39 Å². The minimum atomic E-state index is -0.201. The normalized spacial score (nSPS) is 12.4. The van der Waals surface area contributed by atoms with Gasteiger partial charge in [-0.1, -0.05) is 12.1 Å². The Bertz CT molecular complexity index is 484. The van der Waals surface area contributed by atoms with E-state index in [0.29, 0.717) is 12.2 Å². The van der Waals surface area contributed by atoms with Gasteiger partial charge in [-0.3, -0.25) is 0 Å². The van der Waals surface area contributed by atoms with Crippen molar-refractivity contribution in [1.29, 1.82) is 0 Å². The Kier molecular flexibility index (Phi) is 4.33. The summed E-state index contributed by atoms with van der Waals surface area (Å²) in [5.74, 6) is -0.201. The Balaban J connectivity index is 2.35. The summed E-state index contributed by atoms with van der Waals surface area (Å²) in [4.78, 5) is 2.01. The van der Waals surface area contributed by atoms with E-state index in [1.165, 1.54) is 6.07 Å². The molecule has 0 fully saturated rings. The molecule has 0 saturated heterocycles. The van der Waals surface area contributed by atoms with Gasteiger partial charge in [-0.05, 0) is 41.4 Å². The molecule has 1 heterocycles. The van der Waals surface area contributed by atoms with E-state index in [1.54, 1.807) is 23.5 Å². The average molecular weight is 264 g/mol. The molecule has 4 heteroatoms. The van der Waals surface area contributed by atoms with Crippen LogP contribution in [0.25, 0.3) is 0 Å². The predicted molar refractivity (Wildman–Crippen MR) is 75.5 cm³/mol. The number of hydrogen-bond acceptors (Lipinski definition) is 3. The van der Waals surface area contributed by atoms with Crippen molar-refractivity contribution in [2.45, 2.75) is 13.0 Å². The maximum absolute atomic E-state index is 13.9. The molecular weight excluding hydrogens is 247 g/mol. The Morgan fingerprint density at radius 2 is 2.11 bits per heavy atom. The monoisotopic (exact) mass is 264 g/mol. The lowest BCUT2D eigenvalue weighted by atomic mass is 10.1. The number of thiophene rings is 1. The van der Waals surface area contributed by atoms with Gasteiger partial charge in [0.2, 0.25) is 0 Å². The van der Waals surface area contributed by atoms with E-state index in [4.69, 9.17) is 5.73 Å². The first-order chi connectivity index (χ1) is 8.77. The van der Waals surface area contributed by atoms with Crippen LogP contribution >= 0.6 is 11.3 Å². The van der Waals surface area contributed by atoms with Crippen LogP contribution in [0.3, 0.4) is 0 Å². The molecular formula is C14H17FN2S. The fourth-order valence-corrected chi connectivity index (χ4v) is 2.86. The van der Waals surface area contributed by atoms with E-state index in [2.05, 4.69) is 5.38 Å².